The molecular weight excluding hydrogens is 489 g/mol. The van der Waals surface area contributed by atoms with Crippen LogP contribution in [0.5, 0.6) is 0 Å². The Morgan fingerprint density at radius 1 is 1.07 bits per heavy atom. The van der Waals surface area contributed by atoms with Gasteiger partial charge in [-0.25, -0.2) is 9.79 Å². The number of para-hydroxylation sites is 1. The van der Waals surface area contributed by atoms with E-state index >= 15 is 0 Å². The Morgan fingerprint density at radius 2 is 1.87 bits per heavy atom. The van der Waals surface area contributed by atoms with E-state index in [0.717, 1.165) is 62.7 Å². The van der Waals surface area contributed by atoms with Crippen molar-refractivity contribution in [1.29, 1.82) is 0 Å². The highest BCUT2D eigenvalue weighted by Gasteiger charge is 2.22. The number of fused-ring (bicyclic) bond motifs is 1. The molecular formula is C23H30IN5O. The molecule has 2 N–H and O–H groups in total. The van der Waals surface area contributed by atoms with Crippen LogP contribution < -0.4 is 15.5 Å². The number of halogens is 1. The van der Waals surface area contributed by atoms with Crippen molar-refractivity contribution < 1.29 is 4.79 Å². The smallest absolute Gasteiger partial charge is 0.321 e. The minimum atomic E-state index is -0.00911. The summed E-state index contributed by atoms with van der Waals surface area (Å²) in [5.41, 5.74) is 4.50. The average Bonchev–Trinajstić information content (AvgIpc) is 3.42. The van der Waals surface area contributed by atoms with Crippen LogP contribution in [0, 0.1) is 0 Å². The summed E-state index contributed by atoms with van der Waals surface area (Å²) in [5.74, 6) is 0.906. The zero-order valence-corrected chi connectivity index (χ0v) is 19.8. The molecule has 0 aliphatic carbocycles. The summed E-state index contributed by atoms with van der Waals surface area (Å²) in [4.78, 5) is 21.3. The number of hydrogen-bond donors (Lipinski definition) is 2. The summed E-state index contributed by atoms with van der Waals surface area (Å²) >= 11 is 0. The topological polar surface area (TPSA) is 60.0 Å². The normalized spacial score (nSPS) is 15.6. The van der Waals surface area contributed by atoms with Crippen LogP contribution in [-0.4, -0.2) is 43.1 Å². The maximum atomic E-state index is 12.3. The van der Waals surface area contributed by atoms with E-state index in [1.165, 1.54) is 11.3 Å². The van der Waals surface area contributed by atoms with Crippen LogP contribution in [-0.2, 0) is 13.0 Å². The minimum absolute atomic E-state index is 0. The van der Waals surface area contributed by atoms with E-state index < -0.39 is 0 Å². The molecule has 0 radical (unpaired) electrons. The van der Waals surface area contributed by atoms with Crippen LogP contribution in [0.1, 0.15) is 30.9 Å². The number of anilines is 2. The van der Waals surface area contributed by atoms with Crippen LogP contribution >= 0.6 is 24.0 Å². The highest BCUT2D eigenvalue weighted by atomic mass is 127. The second-order valence-corrected chi connectivity index (χ2v) is 7.53. The fourth-order valence-electron chi connectivity index (χ4n) is 3.99. The number of benzene rings is 2. The molecule has 2 aromatic rings. The van der Waals surface area contributed by atoms with Gasteiger partial charge in [0.1, 0.15) is 0 Å². The molecule has 1 fully saturated rings. The van der Waals surface area contributed by atoms with Gasteiger partial charge in [0, 0.05) is 37.6 Å². The number of likely N-dealkylation sites (tertiary alicyclic amines) is 1. The van der Waals surface area contributed by atoms with Gasteiger partial charge >= 0.3 is 6.03 Å². The molecule has 0 bridgehead atoms. The standard InChI is InChI=1S/C23H29N5O.HI/c1-2-24-22(28-15-12-19-9-3-4-11-21(19)28)25-17-18-8-7-10-20(16-18)26-23(29)27-13-5-6-14-27;/h3-4,7-11,16H,2,5-6,12-15,17H2,1H3,(H,24,25)(H,26,29);1H. The third kappa shape index (κ3) is 5.24. The van der Waals surface area contributed by atoms with E-state index in [1.807, 2.05) is 23.1 Å². The number of hydrogen-bond acceptors (Lipinski definition) is 2. The SMILES string of the molecule is CCNC(=NCc1cccc(NC(=O)N2CCCC2)c1)N1CCc2ccccc21.I. The van der Waals surface area contributed by atoms with Crippen LogP contribution in [0.15, 0.2) is 53.5 Å². The molecule has 6 nitrogen and oxygen atoms in total. The molecule has 2 heterocycles. The maximum Gasteiger partial charge on any atom is 0.321 e. The molecule has 2 aromatic carbocycles. The summed E-state index contributed by atoms with van der Waals surface area (Å²) < 4.78 is 0. The first kappa shape index (κ1) is 22.4. The largest absolute Gasteiger partial charge is 0.356 e. The molecule has 0 atom stereocenters. The van der Waals surface area contributed by atoms with Gasteiger partial charge in [-0.15, -0.1) is 24.0 Å². The third-order valence-corrected chi connectivity index (χ3v) is 5.46. The first-order chi connectivity index (χ1) is 14.2. The fourth-order valence-corrected chi connectivity index (χ4v) is 3.99. The average molecular weight is 519 g/mol. The number of guanidine groups is 1. The molecule has 2 aliphatic rings. The van der Waals surface area contributed by atoms with Gasteiger partial charge in [0.15, 0.2) is 5.96 Å². The van der Waals surface area contributed by atoms with Crippen LogP contribution in [0.3, 0.4) is 0 Å². The van der Waals surface area contributed by atoms with E-state index in [0.29, 0.717) is 6.54 Å². The maximum absolute atomic E-state index is 12.3. The van der Waals surface area contributed by atoms with E-state index in [-0.39, 0.29) is 30.0 Å². The Bertz CT molecular complexity index is 895. The summed E-state index contributed by atoms with van der Waals surface area (Å²) in [5, 5.41) is 6.44. The lowest BCUT2D eigenvalue weighted by atomic mass is 10.2. The number of nitrogens with zero attached hydrogens (tertiary/aromatic N) is 3. The van der Waals surface area contributed by atoms with E-state index in [1.54, 1.807) is 0 Å². The molecule has 2 amide bonds. The van der Waals surface area contributed by atoms with Crippen molar-refractivity contribution in [2.24, 2.45) is 4.99 Å². The van der Waals surface area contributed by atoms with Crippen molar-refractivity contribution in [2.75, 3.05) is 36.4 Å². The second-order valence-electron chi connectivity index (χ2n) is 7.53. The van der Waals surface area contributed by atoms with Crippen molar-refractivity contribution in [1.82, 2.24) is 10.2 Å². The predicted molar refractivity (Wildman–Crippen MR) is 134 cm³/mol. The molecule has 0 aromatic heterocycles. The number of rotatable bonds is 4. The first-order valence-electron chi connectivity index (χ1n) is 10.5. The van der Waals surface area contributed by atoms with Gasteiger partial charge in [0.25, 0.3) is 0 Å². The van der Waals surface area contributed by atoms with Crippen molar-refractivity contribution in [3.8, 4) is 0 Å². The predicted octanol–water partition coefficient (Wildman–Crippen LogP) is 4.46. The first-order valence-corrected chi connectivity index (χ1v) is 10.5. The third-order valence-electron chi connectivity index (χ3n) is 5.46. The number of aliphatic imine (C=N–C) groups is 1. The Balaban J connectivity index is 0.00000256. The quantitative estimate of drug-likeness (QED) is 0.357. The van der Waals surface area contributed by atoms with Gasteiger partial charge < -0.3 is 20.4 Å². The Morgan fingerprint density at radius 3 is 2.67 bits per heavy atom. The molecule has 0 unspecified atom stereocenters. The second kappa shape index (κ2) is 10.7. The van der Waals surface area contributed by atoms with Crippen LogP contribution in [0.25, 0.3) is 0 Å². The number of carbonyl (C=O) groups is 1. The fraction of sp³-hybridized carbons (Fsp3) is 0.391. The number of nitrogens with one attached hydrogen (secondary N) is 2. The molecule has 0 spiro atoms. The van der Waals surface area contributed by atoms with Gasteiger partial charge in [0.05, 0.1) is 6.54 Å². The number of urea groups is 1. The highest BCUT2D eigenvalue weighted by molar-refractivity contribution is 14.0. The lowest BCUT2D eigenvalue weighted by molar-refractivity contribution is 0.222. The molecule has 160 valence electrons. The minimum Gasteiger partial charge on any atom is -0.356 e. The summed E-state index contributed by atoms with van der Waals surface area (Å²) in [7, 11) is 0. The van der Waals surface area contributed by atoms with Crippen LogP contribution in [0.4, 0.5) is 16.2 Å². The molecule has 30 heavy (non-hydrogen) atoms. The Labute approximate surface area is 195 Å². The Kier molecular flexibility index (Phi) is 7.95. The summed E-state index contributed by atoms with van der Waals surface area (Å²) in [6, 6.07) is 16.5. The molecule has 1 saturated heterocycles. The van der Waals surface area contributed by atoms with Gasteiger partial charge in [-0.3, -0.25) is 0 Å². The molecule has 4 rings (SSSR count). The zero-order valence-electron chi connectivity index (χ0n) is 17.4. The molecule has 0 saturated carbocycles. The number of carbonyl (C=O) groups excluding carboxylic acids is 1. The Hall–Kier alpha value is -2.29. The van der Waals surface area contributed by atoms with Gasteiger partial charge in [-0.2, -0.15) is 0 Å². The molecule has 7 heteroatoms. The van der Waals surface area contributed by atoms with Crippen molar-refractivity contribution in [3.63, 3.8) is 0 Å². The summed E-state index contributed by atoms with van der Waals surface area (Å²) in [6.07, 6.45) is 3.22. The van der Waals surface area contributed by atoms with Crippen molar-refractivity contribution in [3.05, 3.63) is 59.7 Å². The summed E-state index contributed by atoms with van der Waals surface area (Å²) in [6.45, 7) is 6.11. The van der Waals surface area contributed by atoms with E-state index in [9.17, 15) is 4.79 Å². The lowest BCUT2D eigenvalue weighted by Crippen LogP contribution is -2.40. The van der Waals surface area contributed by atoms with Crippen LogP contribution in [0.2, 0.25) is 0 Å². The molecule has 2 aliphatic heterocycles. The van der Waals surface area contributed by atoms with E-state index in [2.05, 4.69) is 52.8 Å². The van der Waals surface area contributed by atoms with Crippen molar-refractivity contribution in [2.45, 2.75) is 32.7 Å². The number of amides is 2. The van der Waals surface area contributed by atoms with Gasteiger partial charge in [0.2, 0.25) is 0 Å². The highest BCUT2D eigenvalue weighted by Crippen LogP contribution is 2.27. The monoisotopic (exact) mass is 519 g/mol. The van der Waals surface area contributed by atoms with Crippen molar-refractivity contribution >= 4 is 47.3 Å². The van der Waals surface area contributed by atoms with E-state index in [4.69, 9.17) is 4.99 Å². The van der Waals surface area contributed by atoms with Gasteiger partial charge in [-0.1, -0.05) is 30.3 Å². The lowest BCUT2D eigenvalue weighted by Gasteiger charge is -2.22. The van der Waals surface area contributed by atoms with Gasteiger partial charge in [-0.05, 0) is 55.5 Å². The zero-order chi connectivity index (χ0) is 20.1.